The largest absolute Gasteiger partial charge is 0.0648 e. The molecule has 0 heteroatoms. The number of aryl methyl sites for hydroxylation is 2. The predicted molar refractivity (Wildman–Crippen MR) is 90.0 cm³/mol. The van der Waals surface area contributed by atoms with Gasteiger partial charge in [0, 0.05) is 0 Å². The van der Waals surface area contributed by atoms with E-state index in [9.17, 15) is 0 Å². The van der Waals surface area contributed by atoms with Crippen molar-refractivity contribution in [3.63, 3.8) is 0 Å². The van der Waals surface area contributed by atoms with Crippen molar-refractivity contribution in [3.8, 4) is 0 Å². The predicted octanol–water partition coefficient (Wildman–Crippen LogP) is 5.99. The van der Waals surface area contributed by atoms with E-state index in [-0.39, 0.29) is 0 Å². The van der Waals surface area contributed by atoms with Crippen LogP contribution in [0.4, 0.5) is 0 Å². The fraction of sp³-hybridized carbons (Fsp3) is 0.300. The second-order valence-corrected chi connectivity index (χ2v) is 5.67. The van der Waals surface area contributed by atoms with Crippen molar-refractivity contribution in [1.29, 1.82) is 0 Å². The first-order chi connectivity index (χ1) is 9.60. The summed E-state index contributed by atoms with van der Waals surface area (Å²) < 4.78 is 0. The lowest BCUT2D eigenvalue weighted by Gasteiger charge is -2.13. The maximum absolute atomic E-state index is 2.33. The molecule has 0 bridgehead atoms. The van der Waals surface area contributed by atoms with Gasteiger partial charge in [0.25, 0.3) is 0 Å². The van der Waals surface area contributed by atoms with Crippen LogP contribution in [-0.2, 0) is 0 Å². The van der Waals surface area contributed by atoms with Gasteiger partial charge < -0.3 is 0 Å². The molecule has 0 fully saturated rings. The van der Waals surface area contributed by atoms with Crippen LogP contribution in [0.3, 0.4) is 0 Å². The normalized spacial score (nSPS) is 12.8. The summed E-state index contributed by atoms with van der Waals surface area (Å²) in [5, 5.41) is 0. The van der Waals surface area contributed by atoms with Crippen LogP contribution in [0, 0.1) is 13.8 Å². The van der Waals surface area contributed by atoms with Gasteiger partial charge in [0.2, 0.25) is 0 Å². The lowest BCUT2D eigenvalue weighted by molar-refractivity contribution is 0.728. The fourth-order valence-electron chi connectivity index (χ4n) is 2.38. The first kappa shape index (κ1) is 14.6. The second kappa shape index (κ2) is 6.56. The molecular weight excluding hydrogens is 240 g/mol. The highest BCUT2D eigenvalue weighted by molar-refractivity contribution is 5.70. The van der Waals surface area contributed by atoms with Gasteiger partial charge >= 0.3 is 0 Å². The molecule has 0 aromatic heterocycles. The Morgan fingerprint density at radius 1 is 0.900 bits per heavy atom. The van der Waals surface area contributed by atoms with Gasteiger partial charge in [0.15, 0.2) is 0 Å². The summed E-state index contributed by atoms with van der Waals surface area (Å²) in [5.41, 5.74) is 6.70. The standard InChI is InChI=1S/C20H24/c1-5-16(3)20-14-19(11-8-17(20)4)13-12-18-9-6-15(2)7-10-18/h6-14,16H,5H2,1-4H3/b13-12+. The van der Waals surface area contributed by atoms with E-state index in [0.29, 0.717) is 5.92 Å². The molecular formula is C20H24. The molecule has 0 N–H and O–H groups in total. The first-order valence-corrected chi connectivity index (χ1v) is 7.45. The molecule has 0 radical (unpaired) electrons. The molecule has 0 aliphatic heterocycles. The Balaban J connectivity index is 2.23. The van der Waals surface area contributed by atoms with Crippen molar-refractivity contribution in [3.05, 3.63) is 70.3 Å². The summed E-state index contributed by atoms with van der Waals surface area (Å²) in [6.07, 6.45) is 5.58. The third-order valence-electron chi connectivity index (χ3n) is 3.99. The van der Waals surface area contributed by atoms with Crippen LogP contribution in [0.1, 0.15) is 54.0 Å². The van der Waals surface area contributed by atoms with Crippen LogP contribution in [0.5, 0.6) is 0 Å². The molecule has 0 saturated heterocycles. The average Bonchev–Trinajstić information content (AvgIpc) is 2.47. The van der Waals surface area contributed by atoms with Crippen LogP contribution < -0.4 is 0 Å². The summed E-state index contributed by atoms with van der Waals surface area (Å²) >= 11 is 0. The molecule has 1 atom stereocenters. The topological polar surface area (TPSA) is 0 Å². The Kier molecular flexibility index (Phi) is 4.79. The Morgan fingerprint density at radius 2 is 1.50 bits per heavy atom. The highest BCUT2D eigenvalue weighted by Crippen LogP contribution is 2.24. The number of rotatable bonds is 4. The van der Waals surface area contributed by atoms with Crippen molar-refractivity contribution in [2.45, 2.75) is 40.0 Å². The van der Waals surface area contributed by atoms with Gasteiger partial charge in [-0.2, -0.15) is 0 Å². The van der Waals surface area contributed by atoms with Gasteiger partial charge in [-0.05, 0) is 48.4 Å². The van der Waals surface area contributed by atoms with E-state index >= 15 is 0 Å². The van der Waals surface area contributed by atoms with Crippen LogP contribution in [-0.4, -0.2) is 0 Å². The Labute approximate surface area is 123 Å². The number of hydrogen-bond donors (Lipinski definition) is 0. The van der Waals surface area contributed by atoms with Crippen LogP contribution in [0.15, 0.2) is 42.5 Å². The Hall–Kier alpha value is -1.82. The molecule has 0 aliphatic rings. The molecule has 20 heavy (non-hydrogen) atoms. The van der Waals surface area contributed by atoms with E-state index in [1.54, 1.807) is 0 Å². The van der Waals surface area contributed by atoms with Crippen molar-refractivity contribution in [2.75, 3.05) is 0 Å². The van der Waals surface area contributed by atoms with E-state index in [0.717, 1.165) is 0 Å². The molecule has 1 unspecified atom stereocenters. The van der Waals surface area contributed by atoms with Crippen LogP contribution >= 0.6 is 0 Å². The van der Waals surface area contributed by atoms with E-state index in [1.807, 2.05) is 0 Å². The third-order valence-corrected chi connectivity index (χ3v) is 3.99. The van der Waals surface area contributed by atoms with Gasteiger partial charge in [0.1, 0.15) is 0 Å². The fourth-order valence-corrected chi connectivity index (χ4v) is 2.38. The van der Waals surface area contributed by atoms with Gasteiger partial charge in [-0.1, -0.05) is 74.0 Å². The summed E-state index contributed by atoms with van der Waals surface area (Å²) in [4.78, 5) is 0. The molecule has 2 rings (SSSR count). The third kappa shape index (κ3) is 3.60. The molecule has 0 heterocycles. The van der Waals surface area contributed by atoms with Gasteiger partial charge in [-0.3, -0.25) is 0 Å². The van der Waals surface area contributed by atoms with E-state index < -0.39 is 0 Å². The minimum absolute atomic E-state index is 0.628. The zero-order valence-electron chi connectivity index (χ0n) is 13.0. The van der Waals surface area contributed by atoms with E-state index in [1.165, 1.54) is 34.2 Å². The molecule has 0 amide bonds. The number of hydrogen-bond acceptors (Lipinski definition) is 0. The highest BCUT2D eigenvalue weighted by atomic mass is 14.1. The smallest absolute Gasteiger partial charge is 0.0190 e. The zero-order chi connectivity index (χ0) is 14.5. The molecule has 2 aromatic rings. The Bertz CT molecular complexity index is 588. The summed E-state index contributed by atoms with van der Waals surface area (Å²) in [6.45, 7) is 8.87. The zero-order valence-corrected chi connectivity index (χ0v) is 13.0. The van der Waals surface area contributed by atoms with E-state index in [2.05, 4.69) is 82.3 Å². The molecule has 0 spiro atoms. The summed E-state index contributed by atoms with van der Waals surface area (Å²) in [5.74, 6) is 0.628. The van der Waals surface area contributed by atoms with Gasteiger partial charge in [-0.25, -0.2) is 0 Å². The lowest BCUT2D eigenvalue weighted by atomic mass is 9.92. The van der Waals surface area contributed by atoms with Gasteiger partial charge in [0.05, 0.1) is 0 Å². The second-order valence-electron chi connectivity index (χ2n) is 5.67. The van der Waals surface area contributed by atoms with Crippen molar-refractivity contribution >= 4 is 12.2 Å². The van der Waals surface area contributed by atoms with E-state index in [4.69, 9.17) is 0 Å². The summed E-state index contributed by atoms with van der Waals surface area (Å²) in [7, 11) is 0. The van der Waals surface area contributed by atoms with Gasteiger partial charge in [-0.15, -0.1) is 0 Å². The summed E-state index contributed by atoms with van der Waals surface area (Å²) in [6, 6.07) is 15.4. The maximum atomic E-state index is 2.33. The van der Waals surface area contributed by atoms with Crippen molar-refractivity contribution in [1.82, 2.24) is 0 Å². The van der Waals surface area contributed by atoms with Crippen LogP contribution in [0.2, 0.25) is 0 Å². The average molecular weight is 264 g/mol. The van der Waals surface area contributed by atoms with Crippen molar-refractivity contribution in [2.24, 2.45) is 0 Å². The minimum atomic E-state index is 0.628. The monoisotopic (exact) mass is 264 g/mol. The number of benzene rings is 2. The highest BCUT2D eigenvalue weighted by Gasteiger charge is 2.06. The molecule has 2 aromatic carbocycles. The van der Waals surface area contributed by atoms with Crippen LogP contribution in [0.25, 0.3) is 12.2 Å². The molecule has 0 aliphatic carbocycles. The minimum Gasteiger partial charge on any atom is -0.0648 e. The maximum Gasteiger partial charge on any atom is -0.0190 e. The Morgan fingerprint density at radius 3 is 2.15 bits per heavy atom. The SMILES string of the molecule is CCC(C)c1cc(/C=C/c2ccc(C)cc2)ccc1C. The molecule has 0 nitrogen and oxygen atoms in total. The molecule has 0 saturated carbocycles. The quantitative estimate of drug-likeness (QED) is 0.595. The first-order valence-electron chi connectivity index (χ1n) is 7.45. The lowest BCUT2D eigenvalue weighted by Crippen LogP contribution is -1.95. The van der Waals surface area contributed by atoms with Crippen molar-refractivity contribution < 1.29 is 0 Å². The molecule has 104 valence electrons.